The van der Waals surface area contributed by atoms with Crippen molar-refractivity contribution in [2.75, 3.05) is 32.8 Å². The molecule has 0 unspecified atom stereocenters. The van der Waals surface area contributed by atoms with Gasteiger partial charge in [0, 0.05) is 43.7 Å². The zero-order chi connectivity index (χ0) is 35.1. The minimum Gasteiger partial charge on any atom is -0.456 e. The number of hydrogen-bond donors (Lipinski definition) is 0. The first-order valence-corrected chi connectivity index (χ1v) is 15.7. The van der Waals surface area contributed by atoms with Crippen LogP contribution < -0.4 is 0 Å². The van der Waals surface area contributed by atoms with E-state index in [1.165, 1.54) is 23.2 Å². The monoisotopic (exact) mass is 672 g/mol. The number of nitrogens with zero attached hydrogens (tertiary/aromatic N) is 4. The zero-order valence-electron chi connectivity index (χ0n) is 27.6. The Morgan fingerprint density at radius 1 is 0.938 bits per heavy atom. The van der Waals surface area contributed by atoms with Gasteiger partial charge < -0.3 is 19.3 Å². The summed E-state index contributed by atoms with van der Waals surface area (Å²) >= 11 is 0. The molecule has 2 aliphatic rings. The molecule has 3 heterocycles. The number of esters is 1. The highest BCUT2D eigenvalue weighted by atomic mass is 19.4. The highest BCUT2D eigenvalue weighted by molar-refractivity contribution is 5.94. The summed E-state index contributed by atoms with van der Waals surface area (Å²) in [5, 5.41) is 4.28. The number of hydrogen-bond acceptors (Lipinski definition) is 6. The van der Waals surface area contributed by atoms with Gasteiger partial charge in [-0.1, -0.05) is 30.3 Å². The molecular formula is C35H40F4N4O5. The molecule has 5 rings (SSSR count). The number of rotatable bonds is 9. The van der Waals surface area contributed by atoms with Crippen molar-refractivity contribution >= 4 is 17.8 Å². The minimum atomic E-state index is -4.72. The number of carbonyl (C=O) groups excluding carboxylic acids is 3. The summed E-state index contributed by atoms with van der Waals surface area (Å²) < 4.78 is 67.6. The molecule has 258 valence electrons. The highest BCUT2D eigenvalue weighted by Gasteiger charge is 2.61. The first-order chi connectivity index (χ1) is 22.4. The van der Waals surface area contributed by atoms with Gasteiger partial charge in [-0.15, -0.1) is 0 Å². The molecule has 2 aromatic carbocycles. The Morgan fingerprint density at radius 2 is 1.58 bits per heavy atom. The van der Waals surface area contributed by atoms with Crippen LogP contribution in [-0.4, -0.2) is 81.9 Å². The summed E-state index contributed by atoms with van der Waals surface area (Å²) in [5.41, 5.74) is -1.84. The number of ether oxygens (including phenoxy) is 2. The number of amides is 2. The van der Waals surface area contributed by atoms with Crippen molar-refractivity contribution in [3.63, 3.8) is 0 Å². The van der Waals surface area contributed by atoms with Gasteiger partial charge >= 0.3 is 12.1 Å². The van der Waals surface area contributed by atoms with Crippen molar-refractivity contribution in [3.8, 4) is 0 Å². The molecule has 0 N–H and O–H groups in total. The average Bonchev–Trinajstić information content (AvgIpc) is 3.61. The summed E-state index contributed by atoms with van der Waals surface area (Å²) in [6.45, 7) is 8.15. The maximum atomic E-state index is 13.7. The summed E-state index contributed by atoms with van der Waals surface area (Å²) in [6.07, 6.45) is -1.68. The molecule has 1 atom stereocenters. The lowest BCUT2D eigenvalue weighted by atomic mass is 9.70. The molecule has 2 aliphatic heterocycles. The third-order valence-corrected chi connectivity index (χ3v) is 8.99. The lowest BCUT2D eigenvalue weighted by Crippen LogP contribution is -2.66. The van der Waals surface area contributed by atoms with Crippen LogP contribution in [0.2, 0.25) is 0 Å². The SMILES string of the molecule is CC(C)(C)OC(=O)c1ccccc1COC[C@@H]1CN(C(=O)c2cnn(Cc3ccc(F)cc3)c2)CC12CN(C(=O)C(C)(C)C(F)(F)F)C2. The van der Waals surface area contributed by atoms with E-state index < -0.39 is 34.5 Å². The Labute approximate surface area is 276 Å². The van der Waals surface area contributed by atoms with Gasteiger partial charge in [0.25, 0.3) is 5.91 Å². The number of benzene rings is 2. The number of halogens is 4. The van der Waals surface area contributed by atoms with Crippen LogP contribution in [0.25, 0.3) is 0 Å². The summed E-state index contributed by atoms with van der Waals surface area (Å²) in [4.78, 5) is 42.3. The average molecular weight is 673 g/mol. The fourth-order valence-corrected chi connectivity index (χ4v) is 6.16. The molecule has 1 aromatic heterocycles. The molecule has 48 heavy (non-hydrogen) atoms. The van der Waals surface area contributed by atoms with Gasteiger partial charge in [-0.3, -0.25) is 14.3 Å². The Morgan fingerprint density at radius 3 is 2.23 bits per heavy atom. The Kier molecular flexibility index (Phi) is 9.48. The Hall–Kier alpha value is -4.26. The Balaban J connectivity index is 1.30. The van der Waals surface area contributed by atoms with Crippen molar-refractivity contribution < 1.29 is 41.4 Å². The smallest absolute Gasteiger partial charge is 0.402 e. The van der Waals surface area contributed by atoms with Crippen molar-refractivity contribution in [2.24, 2.45) is 16.7 Å². The molecule has 0 saturated carbocycles. The van der Waals surface area contributed by atoms with Crippen molar-refractivity contribution in [3.05, 3.63) is 89.0 Å². The molecule has 2 fully saturated rings. The van der Waals surface area contributed by atoms with Gasteiger partial charge in [0.2, 0.25) is 5.91 Å². The summed E-state index contributed by atoms with van der Waals surface area (Å²) in [7, 11) is 0. The molecular weight excluding hydrogens is 632 g/mol. The third-order valence-electron chi connectivity index (χ3n) is 8.99. The normalized spacial score (nSPS) is 17.8. The van der Waals surface area contributed by atoms with Crippen LogP contribution >= 0.6 is 0 Å². The van der Waals surface area contributed by atoms with Crippen molar-refractivity contribution in [1.82, 2.24) is 19.6 Å². The zero-order valence-corrected chi connectivity index (χ0v) is 27.6. The van der Waals surface area contributed by atoms with E-state index in [0.717, 1.165) is 19.4 Å². The second-order valence-electron chi connectivity index (χ2n) is 14.3. The van der Waals surface area contributed by atoms with Crippen LogP contribution in [0.1, 0.15) is 66.5 Å². The minimum absolute atomic E-state index is 0.0431. The van der Waals surface area contributed by atoms with E-state index >= 15 is 0 Å². The van der Waals surface area contributed by atoms with E-state index in [0.29, 0.717) is 23.2 Å². The number of carbonyl (C=O) groups is 3. The maximum Gasteiger partial charge on any atom is 0.402 e. The van der Waals surface area contributed by atoms with Gasteiger partial charge in [-0.05, 0) is 63.9 Å². The van der Waals surface area contributed by atoms with E-state index in [9.17, 15) is 31.9 Å². The van der Waals surface area contributed by atoms with E-state index in [1.807, 2.05) is 0 Å². The molecule has 3 aromatic rings. The molecule has 2 saturated heterocycles. The van der Waals surface area contributed by atoms with E-state index in [1.54, 1.807) is 72.9 Å². The largest absolute Gasteiger partial charge is 0.456 e. The summed E-state index contributed by atoms with van der Waals surface area (Å²) in [6, 6.07) is 12.8. The number of aromatic nitrogens is 2. The topological polar surface area (TPSA) is 94.0 Å². The molecule has 0 aliphatic carbocycles. The van der Waals surface area contributed by atoms with Crippen LogP contribution in [0.3, 0.4) is 0 Å². The standard InChI is InChI=1S/C35H40F4N4O5/c1-32(2,3)48-30(45)28-9-7-6-8-24(28)18-47-19-26-17-41(20-34(26)21-42(22-34)31(46)33(4,5)35(37,38)39)29(44)25-14-40-43(16-25)15-23-10-12-27(36)13-11-23/h6-14,16,26H,15,17-22H2,1-5H3/t26-/m0/s1. The van der Waals surface area contributed by atoms with E-state index in [4.69, 9.17) is 9.47 Å². The maximum absolute atomic E-state index is 13.7. The molecule has 0 radical (unpaired) electrons. The first kappa shape index (κ1) is 35.1. The highest BCUT2D eigenvalue weighted by Crippen LogP contribution is 2.48. The molecule has 1 spiro atoms. The lowest BCUT2D eigenvalue weighted by Gasteiger charge is -2.52. The molecule has 2 amide bonds. The van der Waals surface area contributed by atoms with Crippen molar-refractivity contribution in [1.29, 1.82) is 0 Å². The fraction of sp³-hybridized carbons (Fsp3) is 0.486. The first-order valence-electron chi connectivity index (χ1n) is 15.7. The molecule has 0 bridgehead atoms. The Bertz CT molecular complexity index is 1660. The second kappa shape index (κ2) is 13.0. The number of likely N-dealkylation sites (tertiary alicyclic amines) is 2. The van der Waals surface area contributed by atoms with Crippen LogP contribution in [0.4, 0.5) is 17.6 Å². The van der Waals surface area contributed by atoms with Crippen LogP contribution in [0.5, 0.6) is 0 Å². The predicted octanol–water partition coefficient (Wildman–Crippen LogP) is 5.73. The van der Waals surface area contributed by atoms with Crippen molar-refractivity contribution in [2.45, 2.75) is 59.5 Å². The number of alkyl halides is 3. The van der Waals surface area contributed by atoms with Gasteiger partial charge in [0.05, 0.1) is 37.1 Å². The predicted molar refractivity (Wildman–Crippen MR) is 167 cm³/mol. The molecule has 13 heteroatoms. The van der Waals surface area contributed by atoms with Gasteiger partial charge in [0.15, 0.2) is 0 Å². The second-order valence-corrected chi connectivity index (χ2v) is 14.3. The van der Waals surface area contributed by atoms with Gasteiger partial charge in [-0.25, -0.2) is 9.18 Å². The van der Waals surface area contributed by atoms with Crippen LogP contribution in [-0.2, 0) is 27.4 Å². The summed E-state index contributed by atoms with van der Waals surface area (Å²) in [5.74, 6) is -2.47. The molecule has 9 nitrogen and oxygen atoms in total. The van der Waals surface area contributed by atoms with Crippen LogP contribution in [0, 0.1) is 22.6 Å². The third kappa shape index (κ3) is 7.40. The van der Waals surface area contributed by atoms with E-state index in [2.05, 4.69) is 5.10 Å². The quantitative estimate of drug-likeness (QED) is 0.213. The van der Waals surface area contributed by atoms with Crippen LogP contribution in [0.15, 0.2) is 60.9 Å². The van der Waals surface area contributed by atoms with Gasteiger partial charge in [0.1, 0.15) is 16.8 Å². The van der Waals surface area contributed by atoms with E-state index in [-0.39, 0.29) is 57.0 Å². The lowest BCUT2D eigenvalue weighted by molar-refractivity contribution is -0.223. The van der Waals surface area contributed by atoms with Gasteiger partial charge in [-0.2, -0.15) is 18.3 Å². The fourth-order valence-electron chi connectivity index (χ4n) is 6.16.